The van der Waals surface area contributed by atoms with Crippen LogP contribution in [0.25, 0.3) is 0 Å². The average Bonchev–Trinajstić information content (AvgIpc) is 1.90. The van der Waals surface area contributed by atoms with Crippen molar-refractivity contribution in [2.75, 3.05) is 13.2 Å². The van der Waals surface area contributed by atoms with E-state index in [1.807, 2.05) is 13.8 Å². The van der Waals surface area contributed by atoms with Gasteiger partial charge in [-0.25, -0.2) is 0 Å². The summed E-state index contributed by atoms with van der Waals surface area (Å²) in [6.45, 7) is 5.04. The molecule has 2 nitrogen and oxygen atoms in total. The second kappa shape index (κ2) is 7.07. The van der Waals surface area contributed by atoms with E-state index in [4.69, 9.17) is 9.47 Å². The van der Waals surface area contributed by atoms with Crippen molar-refractivity contribution in [2.45, 2.75) is 20.1 Å². The summed E-state index contributed by atoms with van der Waals surface area (Å²) < 4.78 is 10.2. The van der Waals surface area contributed by atoms with E-state index >= 15 is 0 Å². The number of ether oxygens (including phenoxy) is 2. The van der Waals surface area contributed by atoms with E-state index in [1.165, 1.54) is 0 Å². The molecule has 0 heterocycles. The summed E-state index contributed by atoms with van der Waals surface area (Å²) >= 11 is 2.97. The summed E-state index contributed by atoms with van der Waals surface area (Å²) in [5.74, 6) is 2.71. The van der Waals surface area contributed by atoms with Crippen molar-refractivity contribution in [1.29, 1.82) is 0 Å². The quantitative estimate of drug-likeness (QED) is 0.516. The van der Waals surface area contributed by atoms with Gasteiger partial charge in [0.05, 0.1) is 0 Å². The Kier molecular flexibility index (Phi) is 7.04. The Hall–Kier alpha value is -0.0400. The average molecular weight is 207 g/mol. The Balaban J connectivity index is 3.57. The van der Waals surface area contributed by atoms with Gasteiger partial charge >= 0.3 is 0 Å². The van der Waals surface area contributed by atoms with Crippen molar-refractivity contribution in [1.82, 2.24) is 0 Å². The SMILES string of the molecule is CCOC(C#CBr)OCC. The molecule has 0 aliphatic heterocycles. The molecule has 0 aliphatic carbocycles. The zero-order chi connectivity index (χ0) is 7.82. The van der Waals surface area contributed by atoms with Gasteiger partial charge in [0.2, 0.25) is 6.29 Å². The van der Waals surface area contributed by atoms with Gasteiger partial charge in [-0.1, -0.05) is 0 Å². The van der Waals surface area contributed by atoms with Crippen molar-refractivity contribution in [3.8, 4) is 10.8 Å². The highest BCUT2D eigenvalue weighted by atomic mass is 79.9. The van der Waals surface area contributed by atoms with Crippen LogP contribution in [0.5, 0.6) is 0 Å². The van der Waals surface area contributed by atoms with E-state index in [0.29, 0.717) is 13.2 Å². The molecular formula is C7H11BrO2. The maximum absolute atomic E-state index is 5.10. The van der Waals surface area contributed by atoms with Crippen LogP contribution >= 0.6 is 15.9 Å². The Morgan fingerprint density at radius 1 is 1.30 bits per heavy atom. The highest BCUT2D eigenvalue weighted by Gasteiger charge is 2.00. The van der Waals surface area contributed by atoms with Gasteiger partial charge < -0.3 is 9.47 Å². The van der Waals surface area contributed by atoms with E-state index in [1.54, 1.807) is 0 Å². The monoisotopic (exact) mass is 206 g/mol. The predicted molar refractivity (Wildman–Crippen MR) is 43.7 cm³/mol. The molecule has 0 spiro atoms. The zero-order valence-corrected chi connectivity index (χ0v) is 7.77. The molecule has 0 aromatic rings. The molecule has 0 rings (SSSR count). The molecule has 0 saturated heterocycles. The van der Waals surface area contributed by atoms with Gasteiger partial charge in [0.1, 0.15) is 0 Å². The molecule has 58 valence electrons. The largest absolute Gasteiger partial charge is 0.342 e. The molecule has 0 N–H and O–H groups in total. The molecule has 0 aromatic heterocycles. The first-order valence-corrected chi connectivity index (χ1v) is 3.98. The zero-order valence-electron chi connectivity index (χ0n) is 6.19. The standard InChI is InChI=1S/C7H11BrO2/c1-3-9-7(5-6-8)10-4-2/h7H,3-4H2,1-2H3. The van der Waals surface area contributed by atoms with E-state index in [0.717, 1.165) is 0 Å². The summed E-state index contributed by atoms with van der Waals surface area (Å²) in [7, 11) is 0. The van der Waals surface area contributed by atoms with Gasteiger partial charge in [-0.15, -0.1) is 0 Å². The van der Waals surface area contributed by atoms with Crippen molar-refractivity contribution in [3.63, 3.8) is 0 Å². The molecular weight excluding hydrogens is 196 g/mol. The van der Waals surface area contributed by atoms with Gasteiger partial charge in [-0.2, -0.15) is 0 Å². The van der Waals surface area contributed by atoms with Crippen LogP contribution in [0.15, 0.2) is 0 Å². The molecule has 0 saturated carbocycles. The van der Waals surface area contributed by atoms with Gasteiger partial charge in [-0.05, 0) is 24.6 Å². The van der Waals surface area contributed by atoms with Gasteiger partial charge in [0, 0.05) is 29.1 Å². The molecule has 0 amide bonds. The molecule has 0 fully saturated rings. The molecule has 3 heteroatoms. The first kappa shape index (κ1) is 9.96. The molecule has 0 radical (unpaired) electrons. The highest BCUT2D eigenvalue weighted by molar-refractivity contribution is 9.12. The molecule has 0 aromatic carbocycles. The summed E-state index contributed by atoms with van der Waals surface area (Å²) in [6, 6.07) is 0. The van der Waals surface area contributed by atoms with Crippen molar-refractivity contribution >= 4 is 15.9 Å². The van der Waals surface area contributed by atoms with Gasteiger partial charge in [0.15, 0.2) is 0 Å². The molecule has 0 unspecified atom stereocenters. The van der Waals surface area contributed by atoms with E-state index in [-0.39, 0.29) is 6.29 Å². The summed E-state index contributed by atoms with van der Waals surface area (Å²) in [4.78, 5) is 2.55. The lowest BCUT2D eigenvalue weighted by molar-refractivity contribution is -0.0969. The van der Waals surface area contributed by atoms with Gasteiger partial charge in [0.25, 0.3) is 0 Å². The Morgan fingerprint density at radius 3 is 2.10 bits per heavy atom. The third-order valence-electron chi connectivity index (χ3n) is 0.808. The second-order valence-corrected chi connectivity index (χ2v) is 1.88. The third-order valence-corrected chi connectivity index (χ3v) is 1.04. The van der Waals surface area contributed by atoms with Crippen molar-refractivity contribution in [2.24, 2.45) is 0 Å². The minimum atomic E-state index is -0.380. The lowest BCUT2D eigenvalue weighted by atomic mass is 10.6. The van der Waals surface area contributed by atoms with Crippen LogP contribution in [-0.2, 0) is 9.47 Å². The Bertz CT molecular complexity index is 119. The van der Waals surface area contributed by atoms with E-state index < -0.39 is 0 Å². The fourth-order valence-corrected chi connectivity index (χ4v) is 0.666. The van der Waals surface area contributed by atoms with Crippen molar-refractivity contribution in [3.05, 3.63) is 0 Å². The van der Waals surface area contributed by atoms with Crippen LogP contribution < -0.4 is 0 Å². The topological polar surface area (TPSA) is 18.5 Å². The summed E-state index contributed by atoms with van der Waals surface area (Å²) in [5.41, 5.74) is 0. The third kappa shape index (κ3) is 4.80. The number of halogens is 1. The lowest BCUT2D eigenvalue weighted by Crippen LogP contribution is -2.14. The molecule has 0 atom stereocenters. The molecule has 0 bridgehead atoms. The summed E-state index contributed by atoms with van der Waals surface area (Å²) in [5, 5.41) is 0. The maximum atomic E-state index is 5.10. The van der Waals surface area contributed by atoms with Crippen LogP contribution in [0.4, 0.5) is 0 Å². The second-order valence-electron chi connectivity index (χ2n) is 1.48. The van der Waals surface area contributed by atoms with Gasteiger partial charge in [-0.3, -0.25) is 0 Å². The normalized spacial score (nSPS) is 9.20. The number of hydrogen-bond donors (Lipinski definition) is 0. The number of rotatable bonds is 4. The first-order chi connectivity index (χ1) is 4.85. The Labute approximate surface area is 70.0 Å². The van der Waals surface area contributed by atoms with Crippen molar-refractivity contribution < 1.29 is 9.47 Å². The van der Waals surface area contributed by atoms with E-state index in [2.05, 4.69) is 26.7 Å². The predicted octanol–water partition coefficient (Wildman–Crippen LogP) is 1.74. The fourth-order valence-electron chi connectivity index (χ4n) is 0.479. The van der Waals surface area contributed by atoms with Crippen LogP contribution in [0.2, 0.25) is 0 Å². The van der Waals surface area contributed by atoms with E-state index in [9.17, 15) is 0 Å². The number of hydrogen-bond acceptors (Lipinski definition) is 2. The van der Waals surface area contributed by atoms with Crippen LogP contribution in [-0.4, -0.2) is 19.5 Å². The Morgan fingerprint density at radius 2 is 1.80 bits per heavy atom. The fraction of sp³-hybridized carbons (Fsp3) is 0.714. The smallest absolute Gasteiger partial charge is 0.223 e. The highest BCUT2D eigenvalue weighted by Crippen LogP contribution is 1.92. The minimum absolute atomic E-state index is 0.380. The minimum Gasteiger partial charge on any atom is -0.342 e. The van der Waals surface area contributed by atoms with Crippen LogP contribution in [0.3, 0.4) is 0 Å². The maximum Gasteiger partial charge on any atom is 0.223 e. The van der Waals surface area contributed by atoms with Crippen LogP contribution in [0.1, 0.15) is 13.8 Å². The first-order valence-electron chi connectivity index (χ1n) is 3.19. The van der Waals surface area contributed by atoms with Crippen LogP contribution in [0, 0.1) is 10.8 Å². The summed E-state index contributed by atoms with van der Waals surface area (Å²) in [6.07, 6.45) is -0.380. The molecule has 10 heavy (non-hydrogen) atoms. The lowest BCUT2D eigenvalue weighted by Gasteiger charge is -2.08. The molecule has 0 aliphatic rings.